The summed E-state index contributed by atoms with van der Waals surface area (Å²) in [6.45, 7) is 0.793. The van der Waals surface area contributed by atoms with Gasteiger partial charge in [-0.1, -0.05) is 31.9 Å². The molecule has 0 saturated carbocycles. The van der Waals surface area contributed by atoms with Crippen LogP contribution in [0.1, 0.15) is 6.42 Å². The average Bonchev–Trinajstić information content (AvgIpc) is 2.70. The number of halogens is 2. The molecule has 0 N–H and O–H groups in total. The first-order valence-corrected chi connectivity index (χ1v) is 7.77. The van der Waals surface area contributed by atoms with Crippen LogP contribution in [0.3, 0.4) is 0 Å². The molecule has 0 radical (unpaired) electrons. The first-order valence-electron chi connectivity index (χ1n) is 5.86. The maximum Gasteiger partial charge on any atom is 0.227 e. The van der Waals surface area contributed by atoms with Crippen molar-refractivity contribution in [2.75, 3.05) is 35.8 Å². The topological polar surface area (TPSA) is 23.6 Å². The molecule has 98 valence electrons. The van der Waals surface area contributed by atoms with Crippen molar-refractivity contribution in [2.45, 2.75) is 6.42 Å². The molecule has 0 aromatic heterocycles. The van der Waals surface area contributed by atoms with E-state index in [1.54, 1.807) is 0 Å². The Morgan fingerprint density at radius 3 is 2.72 bits per heavy atom. The van der Waals surface area contributed by atoms with Gasteiger partial charge in [0.15, 0.2) is 0 Å². The predicted molar refractivity (Wildman–Crippen MR) is 82.7 cm³/mol. The second-order valence-corrected chi connectivity index (χ2v) is 6.32. The smallest absolute Gasteiger partial charge is 0.227 e. The molecule has 1 unspecified atom stereocenters. The van der Waals surface area contributed by atoms with Gasteiger partial charge in [-0.25, -0.2) is 0 Å². The largest absolute Gasteiger partial charge is 0.376 e. The monoisotopic (exact) mass is 374 g/mol. The summed E-state index contributed by atoms with van der Waals surface area (Å²) in [6.07, 6.45) is 0.630. The molecule has 18 heavy (non-hydrogen) atoms. The summed E-state index contributed by atoms with van der Waals surface area (Å²) in [6, 6.07) is 6.05. The van der Waals surface area contributed by atoms with Gasteiger partial charge in [-0.05, 0) is 24.1 Å². The van der Waals surface area contributed by atoms with Crippen molar-refractivity contribution in [1.82, 2.24) is 0 Å². The van der Waals surface area contributed by atoms with Gasteiger partial charge in [-0.15, -0.1) is 0 Å². The number of rotatable bonds is 3. The van der Waals surface area contributed by atoms with E-state index in [1.807, 2.05) is 42.1 Å². The van der Waals surface area contributed by atoms with Gasteiger partial charge in [0.25, 0.3) is 0 Å². The molecule has 1 heterocycles. The summed E-state index contributed by atoms with van der Waals surface area (Å²) < 4.78 is 0.998. The first-order chi connectivity index (χ1) is 8.52. The number of carbonyl (C=O) groups is 1. The van der Waals surface area contributed by atoms with Crippen molar-refractivity contribution < 1.29 is 4.79 Å². The second-order valence-electron chi connectivity index (χ2n) is 4.76. The first kappa shape index (κ1) is 13.9. The van der Waals surface area contributed by atoms with E-state index in [2.05, 4.69) is 31.9 Å². The summed E-state index contributed by atoms with van der Waals surface area (Å²) in [4.78, 5) is 16.0. The van der Waals surface area contributed by atoms with E-state index in [9.17, 15) is 4.79 Å². The molecule has 1 aliphatic rings. The molecule has 1 atom stereocenters. The van der Waals surface area contributed by atoms with E-state index in [0.29, 0.717) is 12.3 Å². The van der Waals surface area contributed by atoms with Gasteiger partial charge < -0.3 is 9.80 Å². The third-order valence-corrected chi connectivity index (χ3v) is 4.54. The maximum atomic E-state index is 12.1. The van der Waals surface area contributed by atoms with Crippen molar-refractivity contribution in [2.24, 2.45) is 5.92 Å². The Morgan fingerprint density at radius 1 is 1.44 bits per heavy atom. The van der Waals surface area contributed by atoms with Crippen LogP contribution in [-0.4, -0.2) is 31.9 Å². The third kappa shape index (κ3) is 2.72. The van der Waals surface area contributed by atoms with Crippen molar-refractivity contribution in [3.63, 3.8) is 0 Å². The highest BCUT2D eigenvalue weighted by Crippen LogP contribution is 2.35. The van der Waals surface area contributed by atoms with Crippen LogP contribution in [0.15, 0.2) is 22.7 Å². The Kier molecular flexibility index (Phi) is 4.33. The summed E-state index contributed by atoms with van der Waals surface area (Å²) >= 11 is 6.95. The zero-order valence-corrected chi connectivity index (χ0v) is 13.7. The lowest BCUT2D eigenvalue weighted by molar-refractivity contribution is -0.117. The number of hydrogen-bond donors (Lipinski definition) is 0. The molecule has 3 nitrogen and oxygen atoms in total. The normalized spacial score (nSPS) is 19.4. The fourth-order valence-corrected chi connectivity index (χ4v) is 2.99. The highest BCUT2D eigenvalue weighted by molar-refractivity contribution is 9.10. The van der Waals surface area contributed by atoms with E-state index in [-0.39, 0.29) is 5.91 Å². The van der Waals surface area contributed by atoms with Crippen LogP contribution in [0.25, 0.3) is 0 Å². The lowest BCUT2D eigenvalue weighted by Gasteiger charge is -2.24. The minimum absolute atomic E-state index is 0.209. The van der Waals surface area contributed by atoms with Gasteiger partial charge in [-0.2, -0.15) is 0 Å². The Morgan fingerprint density at radius 2 is 2.17 bits per heavy atom. The molecule has 1 aliphatic heterocycles. The Bertz CT molecular complexity index is 462. The number of benzene rings is 1. The zero-order valence-electron chi connectivity index (χ0n) is 10.5. The number of carbonyl (C=O) groups excluding carboxylic acids is 1. The van der Waals surface area contributed by atoms with Crippen LogP contribution in [0.2, 0.25) is 0 Å². The van der Waals surface area contributed by atoms with Crippen LogP contribution in [-0.2, 0) is 4.79 Å². The predicted octanol–water partition coefficient (Wildman–Crippen LogP) is 3.26. The van der Waals surface area contributed by atoms with E-state index in [0.717, 1.165) is 27.7 Å². The quantitative estimate of drug-likeness (QED) is 0.757. The number of amides is 1. The average molecular weight is 376 g/mol. The van der Waals surface area contributed by atoms with E-state index < -0.39 is 0 Å². The number of nitrogens with zero attached hydrogens (tertiary/aromatic N) is 2. The molecule has 2 rings (SSSR count). The van der Waals surface area contributed by atoms with Crippen LogP contribution in [0, 0.1) is 5.92 Å². The standard InChI is InChI=1S/C13H16Br2N2O/c1-16(2)11-4-3-10(15)6-12(11)17-8-9(7-14)5-13(17)18/h3-4,6,9H,5,7-8H2,1-2H3. The van der Waals surface area contributed by atoms with Gasteiger partial charge in [0, 0.05) is 36.9 Å². The maximum absolute atomic E-state index is 12.1. The van der Waals surface area contributed by atoms with Crippen molar-refractivity contribution >= 4 is 49.1 Å². The van der Waals surface area contributed by atoms with E-state index >= 15 is 0 Å². The fourth-order valence-electron chi connectivity index (χ4n) is 2.21. The van der Waals surface area contributed by atoms with E-state index in [1.165, 1.54) is 0 Å². The lowest BCUT2D eigenvalue weighted by Crippen LogP contribution is -2.27. The minimum Gasteiger partial charge on any atom is -0.376 e. The zero-order chi connectivity index (χ0) is 13.3. The van der Waals surface area contributed by atoms with Gasteiger partial charge >= 0.3 is 0 Å². The SMILES string of the molecule is CN(C)c1ccc(Br)cc1N1CC(CBr)CC1=O. The van der Waals surface area contributed by atoms with E-state index in [4.69, 9.17) is 0 Å². The Balaban J connectivity index is 2.38. The molecule has 1 aromatic rings. The summed E-state index contributed by atoms with van der Waals surface area (Å²) in [5, 5.41) is 0.876. The fraction of sp³-hybridized carbons (Fsp3) is 0.462. The third-order valence-electron chi connectivity index (χ3n) is 3.13. The molecule has 1 fully saturated rings. The van der Waals surface area contributed by atoms with Gasteiger partial charge in [0.2, 0.25) is 5.91 Å². The van der Waals surface area contributed by atoms with Crippen molar-refractivity contribution in [3.05, 3.63) is 22.7 Å². The molecule has 0 spiro atoms. The number of anilines is 2. The van der Waals surface area contributed by atoms with Crippen molar-refractivity contribution in [1.29, 1.82) is 0 Å². The Hall–Kier alpha value is -0.550. The molecule has 1 amide bonds. The molecule has 5 heteroatoms. The summed E-state index contributed by atoms with van der Waals surface area (Å²) in [5.41, 5.74) is 2.06. The molecule has 0 bridgehead atoms. The van der Waals surface area contributed by atoms with Crippen molar-refractivity contribution in [3.8, 4) is 0 Å². The highest BCUT2D eigenvalue weighted by atomic mass is 79.9. The Labute approximate surface area is 124 Å². The second kappa shape index (κ2) is 5.61. The van der Waals surface area contributed by atoms with Gasteiger partial charge in [0.1, 0.15) is 0 Å². The molecule has 1 aromatic carbocycles. The molecule has 0 aliphatic carbocycles. The summed E-state index contributed by atoms with van der Waals surface area (Å²) in [5.74, 6) is 0.618. The van der Waals surface area contributed by atoms with Crippen LogP contribution < -0.4 is 9.80 Å². The van der Waals surface area contributed by atoms with Gasteiger partial charge in [0.05, 0.1) is 11.4 Å². The lowest BCUT2D eigenvalue weighted by atomic mass is 10.2. The molecular formula is C13H16Br2N2O. The number of hydrogen-bond acceptors (Lipinski definition) is 2. The molecular weight excluding hydrogens is 360 g/mol. The van der Waals surface area contributed by atoms with Crippen LogP contribution in [0.4, 0.5) is 11.4 Å². The minimum atomic E-state index is 0.209. The highest BCUT2D eigenvalue weighted by Gasteiger charge is 2.31. The summed E-state index contributed by atoms with van der Waals surface area (Å²) in [7, 11) is 3.99. The van der Waals surface area contributed by atoms with Crippen LogP contribution in [0.5, 0.6) is 0 Å². The molecule has 1 saturated heterocycles. The van der Waals surface area contributed by atoms with Gasteiger partial charge in [-0.3, -0.25) is 4.79 Å². The van der Waals surface area contributed by atoms with Crippen LogP contribution >= 0.6 is 31.9 Å². The number of alkyl halides is 1.